The standard InChI is InChI=1S/C25H22N4O2S2/c1-16-8-9-17(2)21(14-16)26-22(30)15-32-25-29-28-24(33-25)27-23(31)20-12-10-19(11-13-20)18-6-4-3-5-7-18/h3-14H,15H2,1-2H3,(H,26,30)(H,27,28,31). The number of nitrogens with zero attached hydrogens (tertiary/aromatic N) is 2. The quantitative estimate of drug-likeness (QED) is 0.261. The summed E-state index contributed by atoms with van der Waals surface area (Å²) in [5, 5.41) is 14.2. The molecule has 3 aromatic carbocycles. The fraction of sp³-hybridized carbons (Fsp3) is 0.120. The van der Waals surface area contributed by atoms with E-state index in [1.54, 1.807) is 12.1 Å². The molecule has 2 amide bonds. The molecule has 4 aromatic rings. The lowest BCUT2D eigenvalue weighted by atomic mass is 10.0. The van der Waals surface area contributed by atoms with Gasteiger partial charge in [0.1, 0.15) is 0 Å². The molecule has 0 saturated carbocycles. The van der Waals surface area contributed by atoms with Gasteiger partial charge >= 0.3 is 0 Å². The van der Waals surface area contributed by atoms with Crippen LogP contribution in [-0.4, -0.2) is 27.8 Å². The van der Waals surface area contributed by atoms with Gasteiger partial charge in [0, 0.05) is 11.3 Å². The van der Waals surface area contributed by atoms with Crippen LogP contribution >= 0.6 is 23.1 Å². The van der Waals surface area contributed by atoms with Gasteiger partial charge in [-0.25, -0.2) is 0 Å². The van der Waals surface area contributed by atoms with E-state index in [2.05, 4.69) is 20.8 Å². The second-order valence-corrected chi connectivity index (χ2v) is 9.63. The minimum atomic E-state index is -0.255. The molecule has 6 nitrogen and oxygen atoms in total. The van der Waals surface area contributed by atoms with Gasteiger partial charge in [0.05, 0.1) is 5.75 Å². The number of carbonyl (C=O) groups is 2. The highest BCUT2D eigenvalue weighted by Crippen LogP contribution is 2.27. The average Bonchev–Trinajstić information content (AvgIpc) is 3.28. The van der Waals surface area contributed by atoms with E-state index in [1.165, 1.54) is 23.1 Å². The SMILES string of the molecule is Cc1ccc(C)c(NC(=O)CSc2nnc(NC(=O)c3ccc(-c4ccccc4)cc3)s2)c1. The van der Waals surface area contributed by atoms with Crippen LogP contribution in [-0.2, 0) is 4.79 Å². The Morgan fingerprint density at radius 2 is 1.61 bits per heavy atom. The highest BCUT2D eigenvalue weighted by molar-refractivity contribution is 8.01. The van der Waals surface area contributed by atoms with Crippen LogP contribution in [0.5, 0.6) is 0 Å². The molecule has 0 aliphatic rings. The predicted molar refractivity (Wildman–Crippen MR) is 135 cm³/mol. The van der Waals surface area contributed by atoms with Gasteiger partial charge in [0.25, 0.3) is 5.91 Å². The van der Waals surface area contributed by atoms with Crippen LogP contribution in [0.3, 0.4) is 0 Å². The van der Waals surface area contributed by atoms with Crippen molar-refractivity contribution in [2.24, 2.45) is 0 Å². The van der Waals surface area contributed by atoms with E-state index < -0.39 is 0 Å². The number of aryl methyl sites for hydroxylation is 2. The molecule has 2 N–H and O–H groups in total. The second-order valence-electron chi connectivity index (χ2n) is 7.43. The zero-order valence-electron chi connectivity index (χ0n) is 18.2. The summed E-state index contributed by atoms with van der Waals surface area (Å²) in [6, 6.07) is 23.3. The Morgan fingerprint density at radius 1 is 0.879 bits per heavy atom. The van der Waals surface area contributed by atoms with E-state index in [1.807, 2.05) is 74.5 Å². The van der Waals surface area contributed by atoms with Crippen molar-refractivity contribution in [3.05, 3.63) is 89.5 Å². The number of hydrogen-bond donors (Lipinski definition) is 2. The van der Waals surface area contributed by atoms with E-state index in [0.29, 0.717) is 15.0 Å². The first-order valence-electron chi connectivity index (χ1n) is 10.3. The molecule has 0 radical (unpaired) electrons. The van der Waals surface area contributed by atoms with Crippen LogP contribution in [0.2, 0.25) is 0 Å². The summed E-state index contributed by atoms with van der Waals surface area (Å²) in [4.78, 5) is 24.9. The number of rotatable bonds is 7. The molecule has 0 unspecified atom stereocenters. The topological polar surface area (TPSA) is 84.0 Å². The molecule has 0 saturated heterocycles. The molecule has 4 rings (SSSR count). The minimum Gasteiger partial charge on any atom is -0.325 e. The van der Waals surface area contributed by atoms with Crippen molar-refractivity contribution in [1.29, 1.82) is 0 Å². The van der Waals surface area contributed by atoms with Crippen molar-refractivity contribution < 1.29 is 9.59 Å². The van der Waals surface area contributed by atoms with Crippen molar-refractivity contribution in [2.75, 3.05) is 16.4 Å². The fourth-order valence-electron chi connectivity index (χ4n) is 3.12. The molecule has 1 aromatic heterocycles. The van der Waals surface area contributed by atoms with Gasteiger partial charge in [-0.3, -0.25) is 14.9 Å². The van der Waals surface area contributed by atoms with Crippen LogP contribution in [0.15, 0.2) is 77.1 Å². The summed E-state index contributed by atoms with van der Waals surface area (Å²) in [6.45, 7) is 3.94. The molecule has 0 aliphatic carbocycles. The molecule has 0 atom stereocenters. The van der Waals surface area contributed by atoms with Gasteiger partial charge in [-0.05, 0) is 54.3 Å². The number of carbonyl (C=O) groups excluding carboxylic acids is 2. The molecule has 0 fully saturated rings. The minimum absolute atomic E-state index is 0.118. The highest BCUT2D eigenvalue weighted by Gasteiger charge is 2.13. The van der Waals surface area contributed by atoms with Crippen molar-refractivity contribution in [2.45, 2.75) is 18.2 Å². The number of amides is 2. The van der Waals surface area contributed by atoms with Gasteiger partial charge in [-0.15, -0.1) is 10.2 Å². The van der Waals surface area contributed by atoms with Gasteiger partial charge in [-0.2, -0.15) is 0 Å². The molecule has 0 spiro atoms. The lowest BCUT2D eigenvalue weighted by molar-refractivity contribution is -0.113. The first-order chi connectivity index (χ1) is 16.0. The lowest BCUT2D eigenvalue weighted by Gasteiger charge is -2.08. The zero-order chi connectivity index (χ0) is 23.2. The molecule has 1 heterocycles. The van der Waals surface area contributed by atoms with E-state index in [0.717, 1.165) is 27.9 Å². The van der Waals surface area contributed by atoms with E-state index >= 15 is 0 Å². The lowest BCUT2D eigenvalue weighted by Crippen LogP contribution is -2.14. The maximum absolute atomic E-state index is 12.6. The molecule has 8 heteroatoms. The van der Waals surface area contributed by atoms with Gasteiger partial charge in [0.2, 0.25) is 11.0 Å². The smallest absolute Gasteiger partial charge is 0.257 e. The van der Waals surface area contributed by atoms with Crippen molar-refractivity contribution in [3.63, 3.8) is 0 Å². The first-order valence-corrected chi connectivity index (χ1v) is 12.1. The summed E-state index contributed by atoms with van der Waals surface area (Å²) in [6.07, 6.45) is 0. The number of nitrogens with one attached hydrogen (secondary N) is 2. The van der Waals surface area contributed by atoms with Crippen LogP contribution < -0.4 is 10.6 Å². The maximum Gasteiger partial charge on any atom is 0.257 e. The Labute approximate surface area is 200 Å². The third-order valence-electron chi connectivity index (χ3n) is 4.88. The fourth-order valence-corrected chi connectivity index (χ4v) is 4.66. The second kappa shape index (κ2) is 10.4. The van der Waals surface area contributed by atoms with Crippen molar-refractivity contribution in [3.8, 4) is 11.1 Å². The first kappa shape index (κ1) is 22.7. The van der Waals surface area contributed by atoms with Gasteiger partial charge in [-0.1, -0.05) is 77.7 Å². The Bertz CT molecular complexity index is 1270. The number of benzene rings is 3. The van der Waals surface area contributed by atoms with Crippen LogP contribution in [0.25, 0.3) is 11.1 Å². The monoisotopic (exact) mass is 474 g/mol. The van der Waals surface area contributed by atoms with E-state index in [-0.39, 0.29) is 17.6 Å². The third-order valence-corrected chi connectivity index (χ3v) is 6.85. The van der Waals surface area contributed by atoms with Gasteiger partial charge < -0.3 is 5.32 Å². The molecular weight excluding hydrogens is 452 g/mol. The summed E-state index contributed by atoms with van der Waals surface area (Å²) < 4.78 is 0.612. The summed E-state index contributed by atoms with van der Waals surface area (Å²) in [5.41, 5.74) is 5.58. The van der Waals surface area contributed by atoms with Crippen LogP contribution in [0.1, 0.15) is 21.5 Å². The highest BCUT2D eigenvalue weighted by atomic mass is 32.2. The molecule has 0 aliphatic heterocycles. The Kier molecular flexibility index (Phi) is 7.16. The largest absolute Gasteiger partial charge is 0.325 e. The Hall–Kier alpha value is -3.49. The predicted octanol–water partition coefficient (Wildman–Crippen LogP) is 5.81. The maximum atomic E-state index is 12.6. The average molecular weight is 475 g/mol. The number of anilines is 2. The number of thioether (sulfide) groups is 1. The van der Waals surface area contributed by atoms with Crippen LogP contribution in [0.4, 0.5) is 10.8 Å². The molecule has 33 heavy (non-hydrogen) atoms. The molecule has 0 bridgehead atoms. The zero-order valence-corrected chi connectivity index (χ0v) is 19.8. The number of aromatic nitrogens is 2. The van der Waals surface area contributed by atoms with Crippen molar-refractivity contribution >= 4 is 45.7 Å². The Morgan fingerprint density at radius 3 is 2.36 bits per heavy atom. The Balaban J connectivity index is 1.30. The summed E-state index contributed by atoms with van der Waals surface area (Å²) in [7, 11) is 0. The van der Waals surface area contributed by atoms with E-state index in [4.69, 9.17) is 0 Å². The van der Waals surface area contributed by atoms with Crippen LogP contribution in [0, 0.1) is 13.8 Å². The normalized spacial score (nSPS) is 10.6. The van der Waals surface area contributed by atoms with E-state index in [9.17, 15) is 9.59 Å². The van der Waals surface area contributed by atoms with Gasteiger partial charge in [0.15, 0.2) is 4.34 Å². The summed E-state index contributed by atoms with van der Waals surface area (Å²) >= 11 is 2.52. The summed E-state index contributed by atoms with van der Waals surface area (Å²) in [5.74, 6) is -0.167. The molecule has 166 valence electrons. The van der Waals surface area contributed by atoms with Crippen molar-refractivity contribution in [1.82, 2.24) is 10.2 Å². The number of hydrogen-bond acceptors (Lipinski definition) is 6. The molecular formula is C25H22N4O2S2. The third kappa shape index (κ3) is 6.06.